The highest BCUT2D eigenvalue weighted by atomic mass is 15.1. The number of hydrogen-bond acceptors (Lipinski definition) is 2. The summed E-state index contributed by atoms with van der Waals surface area (Å²) in [6.07, 6.45) is 0. The average molecular weight is 158 g/mol. The molecule has 0 aromatic rings. The molecule has 0 radical (unpaired) electrons. The van der Waals surface area contributed by atoms with Crippen molar-refractivity contribution >= 4 is 5.96 Å². The zero-order valence-electron chi connectivity index (χ0n) is 7.76. The third-order valence-electron chi connectivity index (χ3n) is 1.27. The molecule has 0 saturated carbocycles. The number of nitrogens with one attached hydrogen (secondary N) is 1. The molecule has 0 saturated heterocycles. The normalized spacial score (nSPS) is 15.2. The first-order valence-corrected chi connectivity index (χ1v) is 3.69. The first kappa shape index (κ1) is 10.2. The van der Waals surface area contributed by atoms with Gasteiger partial charge in [-0.2, -0.15) is 0 Å². The number of likely N-dealkylation sites (N-methyl/N-ethyl adjacent to an activating group) is 1. The summed E-state index contributed by atoms with van der Waals surface area (Å²) in [5.74, 6) is 0.499. The predicted molar refractivity (Wildman–Crippen MR) is 48.7 cm³/mol. The fourth-order valence-electron chi connectivity index (χ4n) is 0.910. The number of rotatable bonds is 3. The Kier molecular flexibility index (Phi) is 4.61. The van der Waals surface area contributed by atoms with Crippen LogP contribution >= 0.6 is 0 Å². The van der Waals surface area contributed by atoms with Gasteiger partial charge in [0, 0.05) is 19.6 Å². The monoisotopic (exact) mass is 158 g/mol. The summed E-state index contributed by atoms with van der Waals surface area (Å²) in [5.41, 5.74) is 5.47. The first-order chi connectivity index (χ1) is 5.06. The highest BCUT2D eigenvalue weighted by Gasteiger charge is 2.02. The van der Waals surface area contributed by atoms with Crippen molar-refractivity contribution in [3.63, 3.8) is 0 Å². The Bertz CT molecular complexity index is 130. The molecule has 0 aliphatic heterocycles. The lowest BCUT2D eigenvalue weighted by Gasteiger charge is -2.18. The fraction of sp³-hybridized carbons (Fsp3) is 0.857. The van der Waals surface area contributed by atoms with E-state index in [2.05, 4.69) is 22.1 Å². The van der Waals surface area contributed by atoms with Gasteiger partial charge in [0.25, 0.3) is 0 Å². The second kappa shape index (κ2) is 4.96. The van der Waals surface area contributed by atoms with E-state index >= 15 is 0 Å². The maximum absolute atomic E-state index is 5.47. The highest BCUT2D eigenvalue weighted by molar-refractivity contribution is 5.77. The van der Waals surface area contributed by atoms with Crippen LogP contribution in [0.4, 0.5) is 0 Å². The summed E-state index contributed by atoms with van der Waals surface area (Å²) in [5, 5.41) is 3.05. The Morgan fingerprint density at radius 3 is 2.55 bits per heavy atom. The van der Waals surface area contributed by atoms with Gasteiger partial charge < -0.3 is 16.0 Å². The molecular formula is C7H18N4. The molecule has 0 rings (SSSR count). The molecule has 1 unspecified atom stereocenters. The number of nitrogens with zero attached hydrogens (tertiary/aromatic N) is 2. The zero-order valence-corrected chi connectivity index (χ0v) is 7.76. The van der Waals surface area contributed by atoms with E-state index in [1.165, 1.54) is 0 Å². The lowest BCUT2D eigenvalue weighted by atomic mass is 10.3. The molecule has 0 aromatic carbocycles. The van der Waals surface area contributed by atoms with E-state index in [0.29, 0.717) is 12.0 Å². The van der Waals surface area contributed by atoms with Crippen molar-refractivity contribution in [2.45, 2.75) is 13.0 Å². The lowest BCUT2D eigenvalue weighted by Crippen LogP contribution is -2.43. The standard InChI is InChI=1S/C7H18N4/c1-6(5-11(3)4)10-7(8)9-2/h6H,5H2,1-4H3,(H3,8,9,10). The highest BCUT2D eigenvalue weighted by Crippen LogP contribution is 1.83. The fourth-order valence-corrected chi connectivity index (χ4v) is 0.910. The Hall–Kier alpha value is -0.770. The first-order valence-electron chi connectivity index (χ1n) is 3.69. The van der Waals surface area contributed by atoms with Crippen LogP contribution in [0.5, 0.6) is 0 Å². The lowest BCUT2D eigenvalue weighted by molar-refractivity contribution is 0.369. The molecule has 0 amide bonds. The van der Waals surface area contributed by atoms with Crippen molar-refractivity contribution < 1.29 is 0 Å². The summed E-state index contributed by atoms with van der Waals surface area (Å²) in [4.78, 5) is 5.90. The van der Waals surface area contributed by atoms with Gasteiger partial charge in [-0.15, -0.1) is 0 Å². The van der Waals surface area contributed by atoms with Gasteiger partial charge in [-0.3, -0.25) is 4.99 Å². The number of hydrogen-bond donors (Lipinski definition) is 2. The second-order valence-corrected chi connectivity index (χ2v) is 2.92. The number of aliphatic imine (C=N–C) groups is 1. The summed E-state index contributed by atoms with van der Waals surface area (Å²) >= 11 is 0. The minimum absolute atomic E-state index is 0.341. The van der Waals surface area contributed by atoms with E-state index in [1.54, 1.807) is 7.05 Å². The van der Waals surface area contributed by atoms with E-state index in [9.17, 15) is 0 Å². The van der Waals surface area contributed by atoms with Gasteiger partial charge in [0.15, 0.2) is 5.96 Å². The van der Waals surface area contributed by atoms with Gasteiger partial charge in [0.1, 0.15) is 0 Å². The Morgan fingerprint density at radius 1 is 1.64 bits per heavy atom. The average Bonchev–Trinajstić information content (AvgIpc) is 1.85. The molecule has 66 valence electrons. The maximum Gasteiger partial charge on any atom is 0.188 e. The molecule has 0 heterocycles. The summed E-state index contributed by atoms with van der Waals surface area (Å²) in [7, 11) is 5.72. The molecule has 0 fully saturated rings. The quantitative estimate of drug-likeness (QED) is 0.429. The molecule has 0 bridgehead atoms. The predicted octanol–water partition coefficient (Wildman–Crippen LogP) is -0.529. The van der Waals surface area contributed by atoms with Crippen LogP contribution in [-0.2, 0) is 0 Å². The maximum atomic E-state index is 5.47. The van der Waals surface area contributed by atoms with Crippen molar-refractivity contribution in [1.82, 2.24) is 10.2 Å². The molecule has 0 aliphatic rings. The Balaban J connectivity index is 3.60. The van der Waals surface area contributed by atoms with Gasteiger partial charge in [0.2, 0.25) is 0 Å². The van der Waals surface area contributed by atoms with Crippen molar-refractivity contribution in [3.05, 3.63) is 0 Å². The number of nitrogens with two attached hydrogens (primary N) is 1. The molecule has 11 heavy (non-hydrogen) atoms. The third-order valence-corrected chi connectivity index (χ3v) is 1.27. The van der Waals surface area contributed by atoms with Crippen LogP contribution in [0.15, 0.2) is 4.99 Å². The largest absolute Gasteiger partial charge is 0.370 e. The summed E-state index contributed by atoms with van der Waals surface area (Å²) in [6, 6.07) is 0.341. The van der Waals surface area contributed by atoms with Gasteiger partial charge in [-0.1, -0.05) is 0 Å². The minimum atomic E-state index is 0.341. The Labute approximate surface area is 68.5 Å². The van der Waals surface area contributed by atoms with Crippen LogP contribution in [0.3, 0.4) is 0 Å². The molecule has 0 spiro atoms. The van der Waals surface area contributed by atoms with Crippen molar-refractivity contribution in [1.29, 1.82) is 0 Å². The van der Waals surface area contributed by atoms with E-state index in [-0.39, 0.29) is 0 Å². The number of guanidine groups is 1. The summed E-state index contributed by atoms with van der Waals surface area (Å²) in [6.45, 7) is 3.02. The van der Waals surface area contributed by atoms with Crippen LogP contribution in [0, 0.1) is 0 Å². The van der Waals surface area contributed by atoms with E-state index in [1.807, 2.05) is 14.1 Å². The smallest absolute Gasteiger partial charge is 0.188 e. The zero-order chi connectivity index (χ0) is 8.85. The van der Waals surface area contributed by atoms with Gasteiger partial charge in [0.05, 0.1) is 0 Å². The molecule has 4 nitrogen and oxygen atoms in total. The molecule has 0 aromatic heterocycles. The summed E-state index contributed by atoms with van der Waals surface area (Å²) < 4.78 is 0. The van der Waals surface area contributed by atoms with E-state index in [4.69, 9.17) is 5.73 Å². The van der Waals surface area contributed by atoms with Crippen LogP contribution in [0.1, 0.15) is 6.92 Å². The van der Waals surface area contributed by atoms with E-state index in [0.717, 1.165) is 6.54 Å². The molecule has 4 heteroatoms. The van der Waals surface area contributed by atoms with E-state index < -0.39 is 0 Å². The van der Waals surface area contributed by atoms with Crippen LogP contribution in [-0.4, -0.2) is 44.6 Å². The molecule has 1 atom stereocenters. The van der Waals surface area contributed by atoms with Crippen LogP contribution in [0.2, 0.25) is 0 Å². The topological polar surface area (TPSA) is 53.6 Å². The van der Waals surface area contributed by atoms with Crippen LogP contribution in [0.25, 0.3) is 0 Å². The van der Waals surface area contributed by atoms with Gasteiger partial charge in [-0.05, 0) is 21.0 Å². The molecule has 0 aliphatic carbocycles. The minimum Gasteiger partial charge on any atom is -0.370 e. The molecular weight excluding hydrogens is 140 g/mol. The second-order valence-electron chi connectivity index (χ2n) is 2.92. The Morgan fingerprint density at radius 2 is 2.18 bits per heavy atom. The van der Waals surface area contributed by atoms with Crippen molar-refractivity contribution in [3.8, 4) is 0 Å². The molecule has 3 N–H and O–H groups in total. The van der Waals surface area contributed by atoms with Crippen molar-refractivity contribution in [2.24, 2.45) is 10.7 Å². The third kappa shape index (κ3) is 5.66. The van der Waals surface area contributed by atoms with Gasteiger partial charge >= 0.3 is 0 Å². The van der Waals surface area contributed by atoms with Crippen LogP contribution < -0.4 is 11.1 Å². The SMILES string of the molecule is CN=C(N)NC(C)CN(C)C. The van der Waals surface area contributed by atoms with Gasteiger partial charge in [-0.25, -0.2) is 0 Å². The van der Waals surface area contributed by atoms with Crippen molar-refractivity contribution in [2.75, 3.05) is 27.7 Å².